The number of amides is 1. The van der Waals surface area contributed by atoms with Crippen LogP contribution in [0.5, 0.6) is 5.75 Å². The number of anilines is 1. The number of nitrogens with zero attached hydrogens (tertiary/aromatic N) is 1. The smallest absolute Gasteiger partial charge is 0.232 e. The second-order valence-corrected chi connectivity index (χ2v) is 9.44. The quantitative estimate of drug-likeness (QED) is 0.613. The number of ether oxygens (including phenoxy) is 1. The topological polar surface area (TPSA) is 75.7 Å². The molecule has 1 amide bonds. The van der Waals surface area contributed by atoms with E-state index < -0.39 is 10.0 Å². The SMILES string of the molecule is CC[C@H](NC(=O)CCCN(c1cc(C)ccc1C)S(C)(=O)=O)c1ccc(OC)cc1. The zero-order valence-corrected chi connectivity index (χ0v) is 19.3. The summed E-state index contributed by atoms with van der Waals surface area (Å²) < 4.78 is 31.3. The van der Waals surface area contributed by atoms with E-state index in [1.165, 1.54) is 10.6 Å². The Hall–Kier alpha value is -2.54. The molecule has 0 unspecified atom stereocenters. The van der Waals surface area contributed by atoms with Crippen molar-refractivity contribution in [2.24, 2.45) is 0 Å². The normalized spacial score (nSPS) is 12.3. The molecule has 0 aliphatic heterocycles. The lowest BCUT2D eigenvalue weighted by atomic mass is 10.0. The van der Waals surface area contributed by atoms with E-state index in [4.69, 9.17) is 4.74 Å². The molecular weight excluding hydrogens is 400 g/mol. The fourth-order valence-electron chi connectivity index (χ4n) is 3.36. The summed E-state index contributed by atoms with van der Waals surface area (Å²) in [5, 5.41) is 3.05. The van der Waals surface area contributed by atoms with Gasteiger partial charge in [0.25, 0.3) is 0 Å². The van der Waals surface area contributed by atoms with Crippen molar-refractivity contribution in [2.45, 2.75) is 46.1 Å². The van der Waals surface area contributed by atoms with Gasteiger partial charge in [0.1, 0.15) is 5.75 Å². The Morgan fingerprint density at radius 3 is 2.37 bits per heavy atom. The Kier molecular flexibility index (Phi) is 8.29. The summed E-state index contributed by atoms with van der Waals surface area (Å²) in [5.74, 6) is 0.680. The van der Waals surface area contributed by atoms with Crippen LogP contribution in [0, 0.1) is 13.8 Å². The maximum Gasteiger partial charge on any atom is 0.232 e. The van der Waals surface area contributed by atoms with Crippen molar-refractivity contribution < 1.29 is 17.9 Å². The minimum Gasteiger partial charge on any atom is -0.497 e. The molecule has 0 spiro atoms. The average molecular weight is 433 g/mol. The fourth-order valence-corrected chi connectivity index (χ4v) is 4.37. The highest BCUT2D eigenvalue weighted by Gasteiger charge is 2.20. The van der Waals surface area contributed by atoms with Crippen molar-refractivity contribution >= 4 is 21.6 Å². The second-order valence-electron chi connectivity index (χ2n) is 7.53. The summed E-state index contributed by atoms with van der Waals surface area (Å²) >= 11 is 0. The lowest BCUT2D eigenvalue weighted by Gasteiger charge is -2.25. The maximum absolute atomic E-state index is 12.5. The van der Waals surface area contributed by atoms with Crippen LogP contribution >= 0.6 is 0 Å². The summed E-state index contributed by atoms with van der Waals surface area (Å²) in [6, 6.07) is 13.3. The van der Waals surface area contributed by atoms with Crippen LogP contribution in [0.25, 0.3) is 0 Å². The molecular formula is C23H32N2O4S. The van der Waals surface area contributed by atoms with Crippen molar-refractivity contribution in [2.75, 3.05) is 24.2 Å². The standard InChI is InChI=1S/C23H32N2O4S/c1-6-21(19-11-13-20(29-4)14-12-19)24-23(26)8-7-15-25(30(5,27)28)22-16-17(2)9-10-18(22)3/h9-14,16,21H,6-8,15H2,1-5H3,(H,24,26)/t21-/m0/s1. The number of aryl methyl sites for hydroxylation is 2. The third kappa shape index (κ3) is 6.49. The zero-order valence-electron chi connectivity index (χ0n) is 18.4. The number of carbonyl (C=O) groups excluding carboxylic acids is 1. The molecule has 1 N–H and O–H groups in total. The van der Waals surface area contributed by atoms with E-state index >= 15 is 0 Å². The molecule has 0 aliphatic carbocycles. The first-order chi connectivity index (χ1) is 14.2. The van der Waals surface area contributed by atoms with Gasteiger partial charge < -0.3 is 10.1 Å². The van der Waals surface area contributed by atoms with Crippen LogP contribution in [0.4, 0.5) is 5.69 Å². The van der Waals surface area contributed by atoms with E-state index in [0.29, 0.717) is 12.1 Å². The molecule has 2 aromatic carbocycles. The fraction of sp³-hybridized carbons (Fsp3) is 0.435. The predicted octanol–water partition coefficient (Wildman–Crippen LogP) is 4.13. The molecule has 0 saturated carbocycles. The van der Waals surface area contributed by atoms with E-state index in [2.05, 4.69) is 5.32 Å². The van der Waals surface area contributed by atoms with Crippen LogP contribution in [0.1, 0.15) is 48.9 Å². The molecule has 2 aromatic rings. The van der Waals surface area contributed by atoms with Crippen LogP contribution in [-0.2, 0) is 14.8 Å². The van der Waals surface area contributed by atoms with Crippen LogP contribution in [-0.4, -0.2) is 34.2 Å². The van der Waals surface area contributed by atoms with Gasteiger partial charge in [-0.15, -0.1) is 0 Å². The van der Waals surface area contributed by atoms with Gasteiger partial charge in [-0.25, -0.2) is 8.42 Å². The zero-order chi connectivity index (χ0) is 22.3. The molecule has 0 saturated heterocycles. The maximum atomic E-state index is 12.5. The van der Waals surface area contributed by atoms with Gasteiger partial charge in [-0.3, -0.25) is 9.10 Å². The van der Waals surface area contributed by atoms with Gasteiger partial charge in [0.15, 0.2) is 0 Å². The third-order valence-corrected chi connectivity index (χ3v) is 6.24. The first kappa shape index (κ1) is 23.7. The summed E-state index contributed by atoms with van der Waals surface area (Å²) in [7, 11) is -1.83. The number of benzene rings is 2. The first-order valence-corrected chi connectivity index (χ1v) is 12.0. The van der Waals surface area contributed by atoms with Crippen LogP contribution < -0.4 is 14.4 Å². The summed E-state index contributed by atoms with van der Waals surface area (Å²) in [6.07, 6.45) is 2.65. The van der Waals surface area contributed by atoms with Crippen LogP contribution in [0.2, 0.25) is 0 Å². The van der Waals surface area contributed by atoms with Crippen molar-refractivity contribution in [3.8, 4) is 5.75 Å². The molecule has 0 bridgehead atoms. The highest BCUT2D eigenvalue weighted by atomic mass is 32.2. The van der Waals surface area contributed by atoms with E-state index in [1.807, 2.05) is 63.2 Å². The Bertz CT molecular complexity index is 956. The van der Waals surface area contributed by atoms with E-state index in [0.717, 1.165) is 28.9 Å². The van der Waals surface area contributed by atoms with Gasteiger partial charge in [0, 0.05) is 13.0 Å². The molecule has 0 fully saturated rings. The van der Waals surface area contributed by atoms with Gasteiger partial charge in [-0.05, 0) is 61.6 Å². The minimum absolute atomic E-state index is 0.0894. The van der Waals surface area contributed by atoms with Gasteiger partial charge >= 0.3 is 0 Å². The molecule has 0 aliphatic rings. The number of sulfonamides is 1. The molecule has 6 nitrogen and oxygen atoms in total. The molecule has 30 heavy (non-hydrogen) atoms. The Balaban J connectivity index is 2.00. The van der Waals surface area contributed by atoms with Crippen molar-refractivity contribution in [3.63, 3.8) is 0 Å². The lowest BCUT2D eigenvalue weighted by Crippen LogP contribution is -2.33. The van der Waals surface area contributed by atoms with E-state index in [1.54, 1.807) is 7.11 Å². The number of hydrogen-bond donors (Lipinski definition) is 1. The molecule has 2 rings (SSSR count). The number of hydrogen-bond acceptors (Lipinski definition) is 4. The highest BCUT2D eigenvalue weighted by Crippen LogP contribution is 2.25. The Morgan fingerprint density at radius 1 is 1.13 bits per heavy atom. The first-order valence-electron chi connectivity index (χ1n) is 10.1. The largest absolute Gasteiger partial charge is 0.497 e. The summed E-state index contributed by atoms with van der Waals surface area (Å²) in [6.45, 7) is 6.10. The average Bonchev–Trinajstić information content (AvgIpc) is 2.70. The van der Waals surface area contributed by atoms with Crippen molar-refractivity contribution in [1.29, 1.82) is 0 Å². The highest BCUT2D eigenvalue weighted by molar-refractivity contribution is 7.92. The minimum atomic E-state index is -3.44. The molecule has 0 radical (unpaired) electrons. The number of methoxy groups -OCH3 is 1. The molecule has 7 heteroatoms. The Labute approximate surface area is 180 Å². The monoisotopic (exact) mass is 432 g/mol. The predicted molar refractivity (Wildman–Crippen MR) is 122 cm³/mol. The van der Waals surface area contributed by atoms with Gasteiger partial charge in [-0.1, -0.05) is 31.2 Å². The lowest BCUT2D eigenvalue weighted by molar-refractivity contribution is -0.121. The van der Waals surface area contributed by atoms with Crippen LogP contribution in [0.15, 0.2) is 42.5 Å². The van der Waals surface area contributed by atoms with Crippen molar-refractivity contribution in [3.05, 3.63) is 59.2 Å². The van der Waals surface area contributed by atoms with Crippen LogP contribution in [0.3, 0.4) is 0 Å². The van der Waals surface area contributed by atoms with Gasteiger partial charge in [-0.2, -0.15) is 0 Å². The molecule has 164 valence electrons. The number of rotatable bonds is 10. The van der Waals surface area contributed by atoms with Gasteiger partial charge in [0.2, 0.25) is 15.9 Å². The van der Waals surface area contributed by atoms with Crippen molar-refractivity contribution in [1.82, 2.24) is 5.32 Å². The van der Waals surface area contributed by atoms with E-state index in [-0.39, 0.29) is 24.9 Å². The number of nitrogens with one attached hydrogen (secondary N) is 1. The third-order valence-electron chi connectivity index (χ3n) is 5.06. The van der Waals surface area contributed by atoms with E-state index in [9.17, 15) is 13.2 Å². The molecule has 0 aromatic heterocycles. The number of carbonyl (C=O) groups is 1. The summed E-state index contributed by atoms with van der Waals surface area (Å²) in [5.41, 5.74) is 3.57. The molecule has 1 atom stereocenters. The van der Waals surface area contributed by atoms with Gasteiger partial charge in [0.05, 0.1) is 25.1 Å². The second kappa shape index (κ2) is 10.5. The Morgan fingerprint density at radius 2 is 1.80 bits per heavy atom. The summed E-state index contributed by atoms with van der Waals surface area (Å²) in [4.78, 5) is 12.5. The molecule has 0 heterocycles.